The van der Waals surface area contributed by atoms with Gasteiger partial charge in [0.2, 0.25) is 0 Å². The Bertz CT molecular complexity index is 436. The molecule has 1 heterocycles. The first-order chi connectivity index (χ1) is 8.35. The Morgan fingerprint density at radius 1 is 1.24 bits per heavy atom. The van der Waals surface area contributed by atoms with Crippen molar-refractivity contribution in [2.75, 3.05) is 6.54 Å². The van der Waals surface area contributed by atoms with Crippen molar-refractivity contribution < 1.29 is 0 Å². The molecular formula is C13H17N3S. The minimum atomic E-state index is 0.157. The first-order valence-corrected chi connectivity index (χ1v) is 6.78. The van der Waals surface area contributed by atoms with Crippen LogP contribution < -0.4 is 5.32 Å². The van der Waals surface area contributed by atoms with Gasteiger partial charge in [-0.25, -0.2) is 0 Å². The van der Waals surface area contributed by atoms with Crippen molar-refractivity contribution in [1.82, 2.24) is 14.9 Å². The molecule has 4 heteroatoms. The van der Waals surface area contributed by atoms with Crippen molar-refractivity contribution in [2.24, 2.45) is 0 Å². The van der Waals surface area contributed by atoms with E-state index in [1.807, 2.05) is 5.38 Å². The summed E-state index contributed by atoms with van der Waals surface area (Å²) in [5.74, 6) is 0. The van der Waals surface area contributed by atoms with Crippen LogP contribution in [0.25, 0.3) is 0 Å². The third-order valence-corrected chi connectivity index (χ3v) is 3.33. The highest BCUT2D eigenvalue weighted by atomic mass is 32.1. The van der Waals surface area contributed by atoms with E-state index in [-0.39, 0.29) is 6.04 Å². The Balaban J connectivity index is 2.26. The SMILES string of the molecule is CCNC(c1ccc(CC)cc1)c1csnn1. The molecule has 17 heavy (non-hydrogen) atoms. The van der Waals surface area contributed by atoms with Crippen molar-refractivity contribution in [3.8, 4) is 0 Å². The van der Waals surface area contributed by atoms with E-state index in [1.165, 1.54) is 22.7 Å². The summed E-state index contributed by atoms with van der Waals surface area (Å²) in [7, 11) is 0. The van der Waals surface area contributed by atoms with Gasteiger partial charge in [-0.3, -0.25) is 0 Å². The van der Waals surface area contributed by atoms with Gasteiger partial charge in [0.05, 0.1) is 11.7 Å². The summed E-state index contributed by atoms with van der Waals surface area (Å²) in [6, 6.07) is 8.86. The number of hydrogen-bond acceptors (Lipinski definition) is 4. The number of hydrogen-bond donors (Lipinski definition) is 1. The highest BCUT2D eigenvalue weighted by Crippen LogP contribution is 2.21. The van der Waals surface area contributed by atoms with E-state index >= 15 is 0 Å². The summed E-state index contributed by atoms with van der Waals surface area (Å²) in [6.45, 7) is 5.19. The van der Waals surface area contributed by atoms with Crippen molar-refractivity contribution in [3.63, 3.8) is 0 Å². The van der Waals surface area contributed by atoms with Gasteiger partial charge in [-0.1, -0.05) is 42.6 Å². The molecule has 0 amide bonds. The summed E-state index contributed by atoms with van der Waals surface area (Å²) < 4.78 is 3.94. The zero-order valence-corrected chi connectivity index (χ0v) is 11.0. The van der Waals surface area contributed by atoms with Gasteiger partial charge in [0.1, 0.15) is 0 Å². The van der Waals surface area contributed by atoms with E-state index in [1.54, 1.807) is 0 Å². The van der Waals surface area contributed by atoms with Crippen molar-refractivity contribution in [1.29, 1.82) is 0 Å². The average Bonchev–Trinajstić information content (AvgIpc) is 2.90. The summed E-state index contributed by atoms with van der Waals surface area (Å²) in [6.07, 6.45) is 1.07. The first-order valence-electron chi connectivity index (χ1n) is 5.94. The van der Waals surface area contributed by atoms with Crippen LogP contribution in [0.15, 0.2) is 29.6 Å². The third-order valence-electron chi connectivity index (χ3n) is 2.80. The van der Waals surface area contributed by atoms with Gasteiger partial charge < -0.3 is 5.32 Å². The van der Waals surface area contributed by atoms with Gasteiger partial charge >= 0.3 is 0 Å². The molecule has 0 radical (unpaired) electrons. The van der Waals surface area contributed by atoms with Crippen LogP contribution in [-0.2, 0) is 6.42 Å². The lowest BCUT2D eigenvalue weighted by molar-refractivity contribution is 0.613. The maximum atomic E-state index is 4.16. The van der Waals surface area contributed by atoms with Crippen molar-refractivity contribution >= 4 is 11.5 Å². The number of nitrogens with one attached hydrogen (secondary N) is 1. The quantitative estimate of drug-likeness (QED) is 0.883. The Kier molecular flexibility index (Phi) is 4.23. The minimum absolute atomic E-state index is 0.157. The second-order valence-electron chi connectivity index (χ2n) is 3.92. The fourth-order valence-corrected chi connectivity index (χ4v) is 2.32. The lowest BCUT2D eigenvalue weighted by Gasteiger charge is -2.15. The molecule has 1 aromatic carbocycles. The van der Waals surface area contributed by atoms with Gasteiger partial charge in [0.25, 0.3) is 0 Å². The van der Waals surface area contributed by atoms with Crippen molar-refractivity contribution in [2.45, 2.75) is 26.3 Å². The molecule has 0 fully saturated rings. The number of rotatable bonds is 5. The summed E-state index contributed by atoms with van der Waals surface area (Å²) in [5.41, 5.74) is 3.61. The Morgan fingerprint density at radius 3 is 2.53 bits per heavy atom. The zero-order valence-electron chi connectivity index (χ0n) is 10.2. The van der Waals surface area contributed by atoms with E-state index in [9.17, 15) is 0 Å². The number of benzene rings is 1. The molecule has 0 aliphatic rings. The highest BCUT2D eigenvalue weighted by molar-refractivity contribution is 7.03. The molecule has 1 unspecified atom stereocenters. The summed E-state index contributed by atoms with van der Waals surface area (Å²) in [5, 5.41) is 9.60. The maximum Gasteiger partial charge on any atom is 0.0970 e. The fourth-order valence-electron chi connectivity index (χ4n) is 1.84. The smallest absolute Gasteiger partial charge is 0.0970 e. The van der Waals surface area contributed by atoms with Gasteiger partial charge in [0, 0.05) is 5.38 Å². The van der Waals surface area contributed by atoms with Crippen LogP contribution in [0.2, 0.25) is 0 Å². The van der Waals surface area contributed by atoms with Gasteiger partial charge in [0.15, 0.2) is 0 Å². The fraction of sp³-hybridized carbons (Fsp3) is 0.385. The maximum absolute atomic E-state index is 4.16. The van der Waals surface area contributed by atoms with Gasteiger partial charge in [-0.15, -0.1) is 5.10 Å². The standard InChI is InChI=1S/C13H17N3S/c1-3-10-5-7-11(8-6-10)13(14-4-2)12-9-17-16-15-12/h5-9,13-14H,3-4H2,1-2H3. The number of aromatic nitrogens is 2. The highest BCUT2D eigenvalue weighted by Gasteiger charge is 2.15. The number of aryl methyl sites for hydroxylation is 1. The molecule has 3 nitrogen and oxygen atoms in total. The zero-order chi connectivity index (χ0) is 12.1. The lowest BCUT2D eigenvalue weighted by atomic mass is 10.0. The second kappa shape index (κ2) is 5.89. The first kappa shape index (κ1) is 12.2. The molecule has 2 rings (SSSR count). The number of nitrogens with zero attached hydrogens (tertiary/aromatic N) is 2. The van der Waals surface area contributed by atoms with E-state index in [2.05, 4.69) is 53.0 Å². The summed E-state index contributed by atoms with van der Waals surface area (Å²) >= 11 is 1.39. The van der Waals surface area contributed by atoms with E-state index in [0.717, 1.165) is 18.7 Å². The molecule has 90 valence electrons. The predicted molar refractivity (Wildman–Crippen MR) is 71.2 cm³/mol. The lowest BCUT2D eigenvalue weighted by Crippen LogP contribution is -2.22. The molecule has 0 aliphatic heterocycles. The Morgan fingerprint density at radius 2 is 2.00 bits per heavy atom. The molecule has 0 spiro atoms. The van der Waals surface area contributed by atoms with Crippen LogP contribution >= 0.6 is 11.5 Å². The largest absolute Gasteiger partial charge is 0.305 e. The van der Waals surface area contributed by atoms with Crippen LogP contribution in [0.3, 0.4) is 0 Å². The van der Waals surface area contributed by atoms with Crippen LogP contribution in [0.5, 0.6) is 0 Å². The van der Waals surface area contributed by atoms with Crippen LogP contribution in [0.1, 0.15) is 36.7 Å². The third kappa shape index (κ3) is 2.90. The predicted octanol–water partition coefficient (Wildman–Crippen LogP) is 2.80. The topological polar surface area (TPSA) is 37.8 Å². The van der Waals surface area contributed by atoms with Gasteiger partial charge in [-0.05, 0) is 35.6 Å². The molecular weight excluding hydrogens is 230 g/mol. The van der Waals surface area contributed by atoms with E-state index in [4.69, 9.17) is 0 Å². The molecule has 0 aliphatic carbocycles. The van der Waals surface area contributed by atoms with Gasteiger partial charge in [-0.2, -0.15) is 0 Å². The molecule has 1 aromatic heterocycles. The summed E-state index contributed by atoms with van der Waals surface area (Å²) in [4.78, 5) is 0. The van der Waals surface area contributed by atoms with E-state index < -0.39 is 0 Å². The molecule has 2 aromatic rings. The average molecular weight is 247 g/mol. The molecule has 0 saturated heterocycles. The Labute approximate surface area is 106 Å². The van der Waals surface area contributed by atoms with Crippen LogP contribution in [0, 0.1) is 0 Å². The molecule has 0 bridgehead atoms. The van der Waals surface area contributed by atoms with Crippen molar-refractivity contribution in [3.05, 3.63) is 46.5 Å². The van der Waals surface area contributed by atoms with E-state index in [0.29, 0.717) is 0 Å². The second-order valence-corrected chi connectivity index (χ2v) is 4.53. The Hall–Kier alpha value is -1.26. The van der Waals surface area contributed by atoms with Crippen LogP contribution in [-0.4, -0.2) is 16.1 Å². The normalized spacial score (nSPS) is 12.6. The molecule has 1 atom stereocenters. The van der Waals surface area contributed by atoms with Crippen LogP contribution in [0.4, 0.5) is 0 Å². The minimum Gasteiger partial charge on any atom is -0.305 e. The molecule has 0 saturated carbocycles. The molecule has 1 N–H and O–H groups in total. The monoisotopic (exact) mass is 247 g/mol.